The van der Waals surface area contributed by atoms with Crippen molar-refractivity contribution in [1.82, 2.24) is 4.57 Å². The predicted octanol–water partition coefficient (Wildman–Crippen LogP) is 5.78. The molecule has 3 aromatic rings. The fraction of sp³-hybridized carbons (Fsp3) is 0.360. The summed E-state index contributed by atoms with van der Waals surface area (Å²) in [5.74, 6) is 0.00647. The largest absolute Gasteiger partial charge is 0.489 e. The van der Waals surface area contributed by atoms with E-state index >= 15 is 0 Å². The molecule has 0 saturated heterocycles. The Kier molecular flexibility index (Phi) is 8.56. The average molecular weight is 458 g/mol. The number of aromatic nitrogens is 1. The van der Waals surface area contributed by atoms with Crippen LogP contribution < -0.4 is 4.74 Å². The minimum absolute atomic E-state index is 0.197. The highest BCUT2D eigenvalue weighted by atomic mass is 35.5. The van der Waals surface area contributed by atoms with Crippen LogP contribution >= 0.6 is 11.6 Å². The van der Waals surface area contributed by atoms with Crippen LogP contribution in [0.25, 0.3) is 10.9 Å². The predicted molar refractivity (Wildman–Crippen MR) is 124 cm³/mol. The van der Waals surface area contributed by atoms with Gasteiger partial charge in [-0.1, -0.05) is 41.9 Å². The van der Waals surface area contributed by atoms with Crippen LogP contribution in [0.2, 0.25) is 5.02 Å². The van der Waals surface area contributed by atoms with Gasteiger partial charge in [0.15, 0.2) is 0 Å². The number of hydrogen-bond acceptors (Lipinski definition) is 5. The van der Waals surface area contributed by atoms with E-state index in [1.165, 1.54) is 0 Å². The lowest BCUT2D eigenvalue weighted by molar-refractivity contribution is -0.143. The van der Waals surface area contributed by atoms with E-state index in [-0.39, 0.29) is 12.6 Å². The summed E-state index contributed by atoms with van der Waals surface area (Å²) in [6.45, 7) is 5.25. The number of halogens is 1. The van der Waals surface area contributed by atoms with E-state index in [0.717, 1.165) is 17.5 Å². The summed E-state index contributed by atoms with van der Waals surface area (Å²) in [5, 5.41) is 1.07. The zero-order valence-corrected chi connectivity index (χ0v) is 19.2. The normalized spacial score (nSPS) is 10.8. The number of hydrogen-bond donors (Lipinski definition) is 0. The van der Waals surface area contributed by atoms with Gasteiger partial charge in [-0.05, 0) is 38.3 Å². The lowest BCUT2D eigenvalue weighted by atomic mass is 10.1. The maximum Gasteiger partial charge on any atom is 0.340 e. The maximum atomic E-state index is 12.5. The molecular formula is C25H28ClNO5. The molecule has 2 aromatic carbocycles. The molecule has 0 saturated carbocycles. The van der Waals surface area contributed by atoms with Crippen LogP contribution in [0.1, 0.15) is 49.0 Å². The topological polar surface area (TPSA) is 66.8 Å². The van der Waals surface area contributed by atoms with E-state index in [4.69, 9.17) is 25.8 Å². The second-order valence-corrected chi connectivity index (χ2v) is 7.70. The fourth-order valence-electron chi connectivity index (χ4n) is 3.51. The van der Waals surface area contributed by atoms with Gasteiger partial charge < -0.3 is 18.8 Å². The van der Waals surface area contributed by atoms with Crippen molar-refractivity contribution in [1.29, 1.82) is 0 Å². The Morgan fingerprint density at radius 2 is 1.75 bits per heavy atom. The number of esters is 2. The van der Waals surface area contributed by atoms with E-state index in [1.807, 2.05) is 41.0 Å². The zero-order chi connectivity index (χ0) is 22.9. The van der Waals surface area contributed by atoms with E-state index in [0.29, 0.717) is 54.3 Å². The first-order chi connectivity index (χ1) is 15.5. The number of carbonyl (C=O) groups excluding carboxylic acids is 2. The number of benzene rings is 2. The van der Waals surface area contributed by atoms with Gasteiger partial charge in [0.1, 0.15) is 12.4 Å². The summed E-state index contributed by atoms with van der Waals surface area (Å²) in [7, 11) is 0. The summed E-state index contributed by atoms with van der Waals surface area (Å²) in [5.41, 5.74) is 2.26. The molecule has 0 spiro atoms. The first kappa shape index (κ1) is 23.7. The Morgan fingerprint density at radius 3 is 2.47 bits per heavy atom. The Hall–Kier alpha value is -2.99. The summed E-state index contributed by atoms with van der Waals surface area (Å²) < 4.78 is 18.1. The number of unbranched alkanes of at least 4 members (excludes halogenated alkanes) is 1. The van der Waals surface area contributed by atoms with Crippen LogP contribution in [0.5, 0.6) is 5.75 Å². The zero-order valence-electron chi connectivity index (χ0n) is 18.4. The highest BCUT2D eigenvalue weighted by Gasteiger charge is 2.20. The van der Waals surface area contributed by atoms with E-state index in [9.17, 15) is 9.59 Å². The number of carbonyl (C=O) groups is 2. The molecule has 32 heavy (non-hydrogen) atoms. The van der Waals surface area contributed by atoms with Crippen molar-refractivity contribution in [2.24, 2.45) is 0 Å². The average Bonchev–Trinajstić information content (AvgIpc) is 3.16. The summed E-state index contributed by atoms with van der Waals surface area (Å²) in [6.07, 6.45) is 3.56. The summed E-state index contributed by atoms with van der Waals surface area (Å²) in [6, 6.07) is 13.5. The number of aryl methyl sites for hydroxylation is 1. The van der Waals surface area contributed by atoms with Crippen molar-refractivity contribution in [3.63, 3.8) is 0 Å². The molecule has 0 amide bonds. The number of ether oxygens (including phenoxy) is 3. The fourth-order valence-corrected chi connectivity index (χ4v) is 3.81. The third kappa shape index (κ3) is 6.04. The molecule has 0 radical (unpaired) electrons. The van der Waals surface area contributed by atoms with Crippen molar-refractivity contribution < 1.29 is 23.8 Å². The lowest BCUT2D eigenvalue weighted by Crippen LogP contribution is -2.05. The third-order valence-corrected chi connectivity index (χ3v) is 5.28. The molecule has 0 aliphatic carbocycles. The van der Waals surface area contributed by atoms with Gasteiger partial charge in [0.25, 0.3) is 0 Å². The first-order valence-electron chi connectivity index (χ1n) is 10.8. The molecule has 6 nitrogen and oxygen atoms in total. The molecule has 0 aliphatic heterocycles. The van der Waals surface area contributed by atoms with Crippen LogP contribution in [-0.4, -0.2) is 29.7 Å². The second-order valence-electron chi connectivity index (χ2n) is 7.29. The molecule has 0 bridgehead atoms. The monoisotopic (exact) mass is 457 g/mol. The molecule has 1 heterocycles. The summed E-state index contributed by atoms with van der Waals surface area (Å²) >= 11 is 6.58. The Labute approximate surface area is 193 Å². The molecule has 0 N–H and O–H groups in total. The molecule has 1 aromatic heterocycles. The molecule has 170 valence electrons. The number of rotatable bonds is 11. The van der Waals surface area contributed by atoms with Gasteiger partial charge in [-0.2, -0.15) is 0 Å². The smallest absolute Gasteiger partial charge is 0.340 e. The van der Waals surface area contributed by atoms with E-state index in [1.54, 1.807) is 26.1 Å². The molecule has 0 unspecified atom stereocenters. The molecular weight excluding hydrogens is 430 g/mol. The van der Waals surface area contributed by atoms with Gasteiger partial charge in [0, 0.05) is 30.6 Å². The molecule has 0 aliphatic rings. The van der Waals surface area contributed by atoms with Gasteiger partial charge >= 0.3 is 11.9 Å². The standard InChI is InChI=1S/C25H28ClNO5/c1-3-30-23(28)12-8-9-13-27-16-20(25(29)31-4-2)24-21(26)14-19(15-22(24)27)32-17-18-10-6-5-7-11-18/h5-7,10-11,14-16H,3-4,8-9,12-13,17H2,1-2H3. The molecule has 0 atom stereocenters. The third-order valence-electron chi connectivity index (χ3n) is 4.99. The molecule has 7 heteroatoms. The van der Waals surface area contributed by atoms with Crippen LogP contribution in [-0.2, 0) is 27.4 Å². The highest BCUT2D eigenvalue weighted by molar-refractivity contribution is 6.37. The Morgan fingerprint density at radius 1 is 1.00 bits per heavy atom. The van der Waals surface area contributed by atoms with Gasteiger partial charge in [-0.15, -0.1) is 0 Å². The Balaban J connectivity index is 1.83. The maximum absolute atomic E-state index is 12.5. The SMILES string of the molecule is CCOC(=O)CCCCn1cc(C(=O)OCC)c2c(Cl)cc(OCc3ccccc3)cc21. The molecule has 3 rings (SSSR count). The quantitative estimate of drug-likeness (QED) is 0.269. The van der Waals surface area contributed by atoms with Crippen molar-refractivity contribution >= 4 is 34.4 Å². The van der Waals surface area contributed by atoms with Crippen LogP contribution in [0, 0.1) is 0 Å². The van der Waals surface area contributed by atoms with Crippen molar-refractivity contribution in [3.8, 4) is 5.75 Å². The van der Waals surface area contributed by atoms with Crippen molar-refractivity contribution in [2.75, 3.05) is 13.2 Å². The number of nitrogens with zero attached hydrogens (tertiary/aromatic N) is 1. The summed E-state index contributed by atoms with van der Waals surface area (Å²) in [4.78, 5) is 24.1. The second kappa shape index (κ2) is 11.6. The lowest BCUT2D eigenvalue weighted by Gasteiger charge is -2.10. The minimum atomic E-state index is -0.414. The van der Waals surface area contributed by atoms with Crippen LogP contribution in [0.3, 0.4) is 0 Å². The first-order valence-corrected chi connectivity index (χ1v) is 11.2. The van der Waals surface area contributed by atoms with E-state index in [2.05, 4.69) is 0 Å². The minimum Gasteiger partial charge on any atom is -0.489 e. The van der Waals surface area contributed by atoms with Crippen molar-refractivity contribution in [2.45, 2.75) is 46.3 Å². The van der Waals surface area contributed by atoms with Gasteiger partial charge in [0.2, 0.25) is 0 Å². The van der Waals surface area contributed by atoms with Gasteiger partial charge in [-0.25, -0.2) is 4.79 Å². The van der Waals surface area contributed by atoms with Crippen molar-refractivity contribution in [3.05, 3.63) is 64.8 Å². The van der Waals surface area contributed by atoms with Crippen LogP contribution in [0.4, 0.5) is 0 Å². The van der Waals surface area contributed by atoms with Gasteiger partial charge in [0.05, 0.1) is 29.3 Å². The van der Waals surface area contributed by atoms with Gasteiger partial charge in [-0.3, -0.25) is 4.79 Å². The highest BCUT2D eigenvalue weighted by Crippen LogP contribution is 2.34. The Bertz CT molecular complexity index is 1060. The molecule has 0 fully saturated rings. The van der Waals surface area contributed by atoms with Crippen LogP contribution in [0.15, 0.2) is 48.7 Å². The number of fused-ring (bicyclic) bond motifs is 1. The van der Waals surface area contributed by atoms with E-state index < -0.39 is 5.97 Å².